The van der Waals surface area contributed by atoms with E-state index in [0.29, 0.717) is 12.8 Å². The summed E-state index contributed by atoms with van der Waals surface area (Å²) in [4.78, 5) is 34.7. The van der Waals surface area contributed by atoms with E-state index in [-0.39, 0.29) is 19.4 Å². The van der Waals surface area contributed by atoms with Crippen LogP contribution in [0.3, 0.4) is 0 Å². The molecular formula is C39H73O10P. The summed E-state index contributed by atoms with van der Waals surface area (Å²) in [5.41, 5.74) is 0. The molecule has 0 radical (unpaired) electrons. The van der Waals surface area contributed by atoms with Crippen LogP contribution < -0.4 is 0 Å². The maximum Gasteiger partial charge on any atom is 0.472 e. The third kappa shape index (κ3) is 34.9. The van der Waals surface area contributed by atoms with Crippen LogP contribution in [0.2, 0.25) is 0 Å². The van der Waals surface area contributed by atoms with Crippen molar-refractivity contribution < 1.29 is 47.8 Å². The second kappa shape index (κ2) is 35.8. The van der Waals surface area contributed by atoms with Gasteiger partial charge < -0.3 is 24.6 Å². The number of aliphatic hydroxyl groups excluding tert-OH is 2. The number of allylic oxidation sites excluding steroid dienone is 4. The number of esters is 2. The molecule has 0 heterocycles. The predicted molar refractivity (Wildman–Crippen MR) is 201 cm³/mol. The number of aliphatic hydroxyl groups is 2. The predicted octanol–water partition coefficient (Wildman–Crippen LogP) is 9.83. The van der Waals surface area contributed by atoms with Gasteiger partial charge in [0.25, 0.3) is 0 Å². The summed E-state index contributed by atoms with van der Waals surface area (Å²) in [6.07, 6.45) is 33.1. The van der Waals surface area contributed by atoms with E-state index >= 15 is 0 Å². The van der Waals surface area contributed by atoms with Crippen LogP contribution in [0.1, 0.15) is 174 Å². The molecule has 294 valence electrons. The number of phosphoric acid groups is 1. The first-order valence-corrected chi connectivity index (χ1v) is 21.3. The molecule has 0 saturated heterocycles. The highest BCUT2D eigenvalue weighted by atomic mass is 31.2. The van der Waals surface area contributed by atoms with Crippen molar-refractivity contribution in [1.29, 1.82) is 0 Å². The third-order valence-electron chi connectivity index (χ3n) is 8.36. The molecule has 0 aliphatic heterocycles. The smallest absolute Gasteiger partial charge is 0.462 e. The Morgan fingerprint density at radius 2 is 1.04 bits per heavy atom. The molecule has 50 heavy (non-hydrogen) atoms. The van der Waals surface area contributed by atoms with Crippen LogP contribution in [-0.4, -0.2) is 65.7 Å². The molecule has 0 aliphatic carbocycles. The largest absolute Gasteiger partial charge is 0.472 e. The summed E-state index contributed by atoms with van der Waals surface area (Å²) < 4.78 is 32.5. The van der Waals surface area contributed by atoms with Gasteiger partial charge in [-0.2, -0.15) is 0 Å². The normalized spacial score (nSPS) is 14.3. The van der Waals surface area contributed by atoms with Crippen LogP contribution in [0, 0.1) is 0 Å². The fraction of sp³-hybridized carbons (Fsp3) is 0.846. The van der Waals surface area contributed by atoms with Crippen molar-refractivity contribution in [3.8, 4) is 0 Å². The number of carbonyl (C=O) groups excluding carboxylic acids is 2. The van der Waals surface area contributed by atoms with Crippen molar-refractivity contribution in [2.24, 2.45) is 0 Å². The van der Waals surface area contributed by atoms with Gasteiger partial charge in [-0.15, -0.1) is 0 Å². The first kappa shape index (κ1) is 48.5. The third-order valence-corrected chi connectivity index (χ3v) is 9.31. The number of rotatable bonds is 37. The fourth-order valence-electron chi connectivity index (χ4n) is 5.26. The summed E-state index contributed by atoms with van der Waals surface area (Å²) in [6.45, 7) is 2.30. The maximum atomic E-state index is 12.5. The van der Waals surface area contributed by atoms with Gasteiger partial charge in [-0.1, -0.05) is 141 Å². The van der Waals surface area contributed by atoms with E-state index in [1.807, 2.05) is 0 Å². The molecule has 0 amide bonds. The first-order chi connectivity index (χ1) is 24.2. The van der Waals surface area contributed by atoms with E-state index in [1.165, 1.54) is 83.5 Å². The Morgan fingerprint density at radius 3 is 1.58 bits per heavy atom. The fourth-order valence-corrected chi connectivity index (χ4v) is 6.05. The lowest BCUT2D eigenvalue weighted by molar-refractivity contribution is -0.161. The molecule has 0 aromatic heterocycles. The Kier molecular flexibility index (Phi) is 34.7. The maximum absolute atomic E-state index is 12.5. The summed E-state index contributed by atoms with van der Waals surface area (Å²) in [7, 11) is -4.60. The molecule has 1 unspecified atom stereocenters. The van der Waals surface area contributed by atoms with Gasteiger partial charge in [0, 0.05) is 12.8 Å². The lowest BCUT2D eigenvalue weighted by Crippen LogP contribution is -2.29. The molecule has 3 N–H and O–H groups in total. The molecule has 3 atom stereocenters. The average Bonchev–Trinajstić information content (AvgIpc) is 3.10. The van der Waals surface area contributed by atoms with Crippen LogP contribution in [0.4, 0.5) is 0 Å². The van der Waals surface area contributed by atoms with Crippen LogP contribution >= 0.6 is 7.82 Å². The Morgan fingerprint density at radius 1 is 0.600 bits per heavy atom. The highest BCUT2D eigenvalue weighted by Gasteiger charge is 2.27. The van der Waals surface area contributed by atoms with Crippen molar-refractivity contribution in [3.05, 3.63) is 24.3 Å². The van der Waals surface area contributed by atoms with E-state index in [9.17, 15) is 24.2 Å². The van der Waals surface area contributed by atoms with Crippen molar-refractivity contribution in [2.75, 3.05) is 26.4 Å². The zero-order valence-electron chi connectivity index (χ0n) is 31.6. The Bertz CT molecular complexity index is 894. The molecule has 0 bridgehead atoms. The molecule has 0 aromatic rings. The average molecular weight is 733 g/mol. The lowest BCUT2D eigenvalue weighted by Gasteiger charge is -2.20. The summed E-state index contributed by atoms with van der Waals surface area (Å²) >= 11 is 0. The van der Waals surface area contributed by atoms with Gasteiger partial charge in [-0.25, -0.2) is 4.57 Å². The Hall–Kier alpha value is -1.55. The molecule has 10 nitrogen and oxygen atoms in total. The van der Waals surface area contributed by atoms with Gasteiger partial charge in [0.2, 0.25) is 0 Å². The van der Waals surface area contributed by atoms with Crippen LogP contribution in [0.5, 0.6) is 0 Å². The minimum absolute atomic E-state index is 0.185. The van der Waals surface area contributed by atoms with Crippen molar-refractivity contribution >= 4 is 19.8 Å². The zero-order valence-corrected chi connectivity index (χ0v) is 32.5. The number of hydrogen-bond donors (Lipinski definition) is 3. The van der Waals surface area contributed by atoms with Crippen LogP contribution in [0.25, 0.3) is 0 Å². The summed E-state index contributed by atoms with van der Waals surface area (Å²) in [5, 5.41) is 18.2. The second-order valence-electron chi connectivity index (χ2n) is 13.3. The monoisotopic (exact) mass is 732 g/mol. The number of unbranched alkanes of at least 4 members (excludes halogenated alkanes) is 19. The zero-order chi connectivity index (χ0) is 37.0. The number of phosphoric ester groups is 1. The second-order valence-corrected chi connectivity index (χ2v) is 14.8. The van der Waals surface area contributed by atoms with E-state index < -0.39 is 51.8 Å². The van der Waals surface area contributed by atoms with Gasteiger partial charge >= 0.3 is 19.8 Å². The Balaban J connectivity index is 4.21. The lowest BCUT2D eigenvalue weighted by atomic mass is 10.1. The van der Waals surface area contributed by atoms with Gasteiger partial charge in [-0.05, 0) is 44.9 Å². The molecule has 0 aliphatic rings. The molecule has 0 fully saturated rings. The van der Waals surface area contributed by atoms with E-state index in [0.717, 1.165) is 51.4 Å². The summed E-state index contributed by atoms with van der Waals surface area (Å²) in [5.74, 6) is -0.931. The molecule has 0 aromatic carbocycles. The SMILES string of the molecule is CCCCC/C=C/C/C=C/CCCCCCCCCCCC(=O)OC[C@@H](COP(=O)(O)OC[C@H](O)CO)OC(=O)CCCCCCCCCC. The minimum atomic E-state index is -4.60. The molecule has 0 saturated carbocycles. The number of ether oxygens (including phenoxy) is 2. The quantitative estimate of drug-likeness (QED) is 0.0244. The van der Waals surface area contributed by atoms with Crippen molar-refractivity contribution in [1.82, 2.24) is 0 Å². The number of hydrogen-bond acceptors (Lipinski definition) is 9. The van der Waals surface area contributed by atoms with Crippen molar-refractivity contribution in [3.63, 3.8) is 0 Å². The topological polar surface area (TPSA) is 149 Å². The van der Waals surface area contributed by atoms with Gasteiger partial charge in [0.1, 0.15) is 12.7 Å². The van der Waals surface area contributed by atoms with Gasteiger partial charge in [0.05, 0.1) is 19.8 Å². The molecule has 0 rings (SSSR count). The first-order valence-electron chi connectivity index (χ1n) is 19.8. The molecule has 11 heteroatoms. The summed E-state index contributed by atoms with van der Waals surface area (Å²) in [6, 6.07) is 0. The number of carbonyl (C=O) groups is 2. The van der Waals surface area contributed by atoms with Crippen LogP contribution in [0.15, 0.2) is 24.3 Å². The van der Waals surface area contributed by atoms with E-state index in [4.69, 9.17) is 19.1 Å². The standard InChI is InChI=1S/C39H73O10P/c1-3-5-7-9-11-13-14-15-16-17-18-19-20-21-22-23-25-26-28-30-38(42)46-34-37(35-48-50(44,45)47-33-36(41)32-40)49-39(43)31-29-27-24-12-10-8-6-4-2/h11,13,15-16,36-37,40-41H,3-10,12,14,17-35H2,1-2H3,(H,44,45)/b13-11+,16-15+/t36-,37+/m1/s1. The highest BCUT2D eigenvalue weighted by molar-refractivity contribution is 7.47. The minimum Gasteiger partial charge on any atom is -0.462 e. The van der Waals surface area contributed by atoms with Crippen LogP contribution in [-0.2, 0) is 32.7 Å². The highest BCUT2D eigenvalue weighted by Crippen LogP contribution is 2.43. The molecular weight excluding hydrogens is 659 g/mol. The van der Waals surface area contributed by atoms with Gasteiger partial charge in [0.15, 0.2) is 6.10 Å². The Labute approximate surface area is 304 Å². The van der Waals surface area contributed by atoms with E-state index in [1.54, 1.807) is 0 Å². The van der Waals surface area contributed by atoms with Crippen molar-refractivity contribution in [2.45, 2.75) is 187 Å². The molecule has 0 spiro atoms. The van der Waals surface area contributed by atoms with Gasteiger partial charge in [-0.3, -0.25) is 18.6 Å². The van der Waals surface area contributed by atoms with E-state index in [2.05, 4.69) is 42.7 Å².